The van der Waals surface area contributed by atoms with Gasteiger partial charge < -0.3 is 24.1 Å². The van der Waals surface area contributed by atoms with E-state index in [1.807, 2.05) is 60.7 Å². The highest BCUT2D eigenvalue weighted by Gasteiger charge is 2.16. The molecule has 0 radical (unpaired) electrons. The molecule has 1 N–H and O–H groups in total. The highest BCUT2D eigenvalue weighted by Crippen LogP contribution is 2.39. The van der Waals surface area contributed by atoms with Crippen LogP contribution in [0, 0.1) is 0 Å². The number of fused-ring (bicyclic) bond motifs is 1. The highest BCUT2D eigenvalue weighted by molar-refractivity contribution is 5.76. The summed E-state index contributed by atoms with van der Waals surface area (Å²) in [5.41, 5.74) is 2.57. The van der Waals surface area contributed by atoms with E-state index in [2.05, 4.69) is 0 Å². The molecule has 1 heterocycles. The molecule has 0 saturated carbocycles. The van der Waals surface area contributed by atoms with Crippen LogP contribution >= 0.6 is 0 Å². The van der Waals surface area contributed by atoms with Crippen LogP contribution in [0.5, 0.6) is 28.7 Å². The van der Waals surface area contributed by atoms with Gasteiger partial charge in [-0.1, -0.05) is 42.5 Å². The van der Waals surface area contributed by atoms with Gasteiger partial charge in [-0.25, -0.2) is 0 Å². The van der Waals surface area contributed by atoms with Crippen LogP contribution in [0.15, 0.2) is 60.7 Å². The van der Waals surface area contributed by atoms with E-state index in [-0.39, 0.29) is 12.5 Å². The normalized spacial score (nSPS) is 12.3. The Morgan fingerprint density at radius 3 is 2.43 bits per heavy atom. The fraction of sp³-hybridized carbons (Fsp3) is 0.130. The molecular formula is C23H20O5. The molecule has 0 unspecified atom stereocenters. The average molecular weight is 376 g/mol. The maximum atomic E-state index is 10.3. The molecule has 5 heteroatoms. The van der Waals surface area contributed by atoms with Crippen molar-refractivity contribution >= 4 is 12.2 Å². The van der Waals surface area contributed by atoms with Crippen LogP contribution < -0.4 is 18.9 Å². The number of aromatic hydroxyl groups is 1. The van der Waals surface area contributed by atoms with Crippen molar-refractivity contribution in [2.75, 3.05) is 13.9 Å². The Hall–Kier alpha value is -3.60. The Morgan fingerprint density at radius 1 is 0.929 bits per heavy atom. The molecule has 1 aliphatic rings. The van der Waals surface area contributed by atoms with Gasteiger partial charge in [-0.15, -0.1) is 0 Å². The predicted molar refractivity (Wildman–Crippen MR) is 107 cm³/mol. The summed E-state index contributed by atoms with van der Waals surface area (Å²) in [5.74, 6) is 2.76. The van der Waals surface area contributed by atoms with Gasteiger partial charge in [0.05, 0.1) is 7.11 Å². The van der Waals surface area contributed by atoms with Crippen LogP contribution in [0.1, 0.15) is 16.7 Å². The first kappa shape index (κ1) is 17.8. The number of hydrogen-bond donors (Lipinski definition) is 1. The minimum absolute atomic E-state index is 0.140. The van der Waals surface area contributed by atoms with Crippen LogP contribution in [-0.2, 0) is 6.61 Å². The Labute approximate surface area is 163 Å². The topological polar surface area (TPSA) is 57.2 Å². The smallest absolute Gasteiger partial charge is 0.231 e. The fourth-order valence-electron chi connectivity index (χ4n) is 2.92. The Morgan fingerprint density at radius 2 is 1.68 bits per heavy atom. The summed E-state index contributed by atoms with van der Waals surface area (Å²) in [6.07, 6.45) is 3.68. The SMILES string of the molecule is COc1cc2c(cc1/C=C/c1ccc(OCc3ccccc3)cc1O)OCO2. The lowest BCUT2D eigenvalue weighted by molar-refractivity contribution is 0.174. The molecule has 1 aliphatic heterocycles. The molecule has 4 rings (SSSR count). The van der Waals surface area contributed by atoms with Crippen molar-refractivity contribution in [1.29, 1.82) is 0 Å². The second kappa shape index (κ2) is 7.96. The second-order valence-corrected chi connectivity index (χ2v) is 6.28. The van der Waals surface area contributed by atoms with Crippen LogP contribution in [0.3, 0.4) is 0 Å². The van der Waals surface area contributed by atoms with Gasteiger partial charge >= 0.3 is 0 Å². The monoisotopic (exact) mass is 376 g/mol. The first-order valence-electron chi connectivity index (χ1n) is 8.88. The summed E-state index contributed by atoms with van der Waals surface area (Å²) in [6, 6.07) is 18.8. The third-order valence-electron chi connectivity index (χ3n) is 4.42. The van der Waals surface area contributed by atoms with E-state index in [0.29, 0.717) is 35.2 Å². The van der Waals surface area contributed by atoms with E-state index in [0.717, 1.165) is 11.1 Å². The van der Waals surface area contributed by atoms with Crippen LogP contribution in [0.2, 0.25) is 0 Å². The van der Waals surface area contributed by atoms with E-state index in [1.54, 1.807) is 19.2 Å². The summed E-state index contributed by atoms with van der Waals surface area (Å²) in [6.45, 7) is 0.654. The third-order valence-corrected chi connectivity index (χ3v) is 4.42. The molecular weight excluding hydrogens is 356 g/mol. The van der Waals surface area contributed by atoms with E-state index >= 15 is 0 Å². The zero-order valence-electron chi connectivity index (χ0n) is 15.4. The Balaban J connectivity index is 1.49. The lowest BCUT2D eigenvalue weighted by Gasteiger charge is -2.09. The van der Waals surface area contributed by atoms with Crippen molar-refractivity contribution in [2.45, 2.75) is 6.61 Å². The minimum atomic E-state index is 0.140. The van der Waals surface area contributed by atoms with Gasteiger partial charge in [-0.2, -0.15) is 0 Å². The van der Waals surface area contributed by atoms with E-state index in [9.17, 15) is 5.11 Å². The molecule has 3 aromatic carbocycles. The van der Waals surface area contributed by atoms with Crippen LogP contribution in [0.4, 0.5) is 0 Å². The van der Waals surface area contributed by atoms with Crippen LogP contribution in [0.25, 0.3) is 12.2 Å². The first-order chi connectivity index (χ1) is 13.7. The molecule has 0 amide bonds. The summed E-state index contributed by atoms with van der Waals surface area (Å²) in [4.78, 5) is 0. The third kappa shape index (κ3) is 3.88. The molecule has 0 aromatic heterocycles. The lowest BCUT2D eigenvalue weighted by Crippen LogP contribution is -1.94. The summed E-state index contributed by atoms with van der Waals surface area (Å²) < 4.78 is 21.9. The molecule has 0 bridgehead atoms. The van der Waals surface area contributed by atoms with E-state index in [4.69, 9.17) is 18.9 Å². The Kier molecular flexibility index (Phi) is 5.06. The van der Waals surface area contributed by atoms with Crippen molar-refractivity contribution < 1.29 is 24.1 Å². The molecule has 0 fully saturated rings. The summed E-state index contributed by atoms with van der Waals surface area (Å²) in [7, 11) is 1.60. The maximum absolute atomic E-state index is 10.3. The number of methoxy groups -OCH3 is 1. The first-order valence-corrected chi connectivity index (χ1v) is 8.88. The predicted octanol–water partition coefficient (Wildman–Crippen LogP) is 4.88. The molecule has 28 heavy (non-hydrogen) atoms. The van der Waals surface area contributed by atoms with E-state index in [1.165, 1.54) is 0 Å². The van der Waals surface area contributed by atoms with Crippen molar-refractivity contribution in [1.82, 2.24) is 0 Å². The van der Waals surface area contributed by atoms with Crippen LogP contribution in [-0.4, -0.2) is 19.0 Å². The van der Waals surface area contributed by atoms with Gasteiger partial charge in [-0.05, 0) is 23.8 Å². The zero-order chi connectivity index (χ0) is 19.3. The Bertz CT molecular complexity index is 995. The van der Waals surface area contributed by atoms with Gasteiger partial charge in [0, 0.05) is 23.3 Å². The number of phenols is 1. The largest absolute Gasteiger partial charge is 0.507 e. The van der Waals surface area contributed by atoms with Gasteiger partial charge in [0.25, 0.3) is 0 Å². The summed E-state index contributed by atoms with van der Waals surface area (Å²) in [5, 5.41) is 10.3. The number of benzene rings is 3. The molecule has 3 aromatic rings. The minimum Gasteiger partial charge on any atom is -0.507 e. The lowest BCUT2D eigenvalue weighted by atomic mass is 10.1. The average Bonchev–Trinajstić information content (AvgIpc) is 3.19. The second-order valence-electron chi connectivity index (χ2n) is 6.28. The van der Waals surface area contributed by atoms with E-state index < -0.39 is 0 Å². The van der Waals surface area contributed by atoms with Crippen molar-refractivity contribution in [3.05, 3.63) is 77.4 Å². The number of phenolic OH excluding ortho intramolecular Hbond substituents is 1. The molecule has 5 nitrogen and oxygen atoms in total. The van der Waals surface area contributed by atoms with Gasteiger partial charge in [0.15, 0.2) is 11.5 Å². The molecule has 0 atom stereocenters. The molecule has 142 valence electrons. The number of rotatable bonds is 6. The maximum Gasteiger partial charge on any atom is 0.231 e. The van der Waals surface area contributed by atoms with Gasteiger partial charge in [0.2, 0.25) is 6.79 Å². The van der Waals surface area contributed by atoms with Crippen molar-refractivity contribution in [3.63, 3.8) is 0 Å². The van der Waals surface area contributed by atoms with Gasteiger partial charge in [0.1, 0.15) is 23.9 Å². The quantitative estimate of drug-likeness (QED) is 0.622. The molecule has 0 saturated heterocycles. The van der Waals surface area contributed by atoms with Crippen molar-refractivity contribution in [2.24, 2.45) is 0 Å². The summed E-state index contributed by atoms with van der Waals surface area (Å²) >= 11 is 0. The standard InChI is InChI=1S/C23H20O5/c1-25-21-13-23-22(27-15-28-23)11-18(21)8-7-17-9-10-19(12-20(17)24)26-14-16-5-3-2-4-6-16/h2-13,24H,14-15H2,1H3/b8-7+. The number of hydrogen-bond acceptors (Lipinski definition) is 5. The zero-order valence-corrected chi connectivity index (χ0v) is 15.4. The number of ether oxygens (including phenoxy) is 4. The van der Waals surface area contributed by atoms with Gasteiger partial charge in [-0.3, -0.25) is 0 Å². The fourth-order valence-corrected chi connectivity index (χ4v) is 2.92. The molecule has 0 spiro atoms. The van der Waals surface area contributed by atoms with Crippen molar-refractivity contribution in [3.8, 4) is 28.7 Å². The molecule has 0 aliphatic carbocycles. The highest BCUT2D eigenvalue weighted by atomic mass is 16.7.